The first-order chi connectivity index (χ1) is 6.76. The molecule has 0 amide bonds. The highest BCUT2D eigenvalue weighted by Gasteiger charge is 2.06. The summed E-state index contributed by atoms with van der Waals surface area (Å²) in [4.78, 5) is 18.7. The van der Waals surface area contributed by atoms with E-state index in [4.69, 9.17) is 10.1 Å². The number of hydrogen-bond acceptors (Lipinski definition) is 3. The zero-order valence-corrected chi connectivity index (χ0v) is 7.44. The highest BCUT2D eigenvalue weighted by Crippen LogP contribution is 2.10. The van der Waals surface area contributed by atoms with Gasteiger partial charge in [-0.3, -0.25) is 0 Å². The molecule has 1 aromatic carbocycles. The van der Waals surface area contributed by atoms with Crippen LogP contribution in [-0.4, -0.2) is 16.8 Å². The van der Waals surface area contributed by atoms with Gasteiger partial charge in [-0.05, 0) is 18.2 Å². The van der Waals surface area contributed by atoms with Gasteiger partial charge in [0.05, 0.1) is 17.1 Å². The number of rotatable bonds is 1. The predicted molar refractivity (Wildman–Crippen MR) is 49.8 cm³/mol. The average molecular weight is 189 g/mol. The zero-order valence-electron chi connectivity index (χ0n) is 7.44. The van der Waals surface area contributed by atoms with E-state index >= 15 is 0 Å². The van der Waals surface area contributed by atoms with Gasteiger partial charge in [-0.1, -0.05) is 0 Å². The summed E-state index contributed by atoms with van der Waals surface area (Å²) in [5, 5.41) is 8.68. The van der Waals surface area contributed by atoms with Gasteiger partial charge in [-0.2, -0.15) is 5.26 Å². The molecule has 0 aliphatic heterocycles. The molecule has 5 heteroatoms. The summed E-state index contributed by atoms with van der Waals surface area (Å²) in [6.45, 7) is 0. The van der Waals surface area contributed by atoms with E-state index in [2.05, 4.69) is 4.98 Å². The molecule has 0 aliphatic carbocycles. The van der Waals surface area contributed by atoms with E-state index in [1.807, 2.05) is 6.07 Å². The number of aromatic amines is 1. The van der Waals surface area contributed by atoms with E-state index in [-0.39, 0.29) is 5.69 Å². The van der Waals surface area contributed by atoms with Crippen LogP contribution in [0.1, 0.15) is 5.56 Å². The number of fused-ring (bicyclic) bond motifs is 1. The number of nitrogens with one attached hydrogen (secondary N) is 1. The van der Waals surface area contributed by atoms with E-state index in [9.17, 15) is 4.79 Å². The first kappa shape index (κ1) is 8.38. The maximum Gasteiger partial charge on any atom is 0.359 e. The second-order valence-corrected chi connectivity index (χ2v) is 2.75. The van der Waals surface area contributed by atoms with Crippen molar-refractivity contribution in [3.63, 3.8) is 0 Å². The van der Waals surface area contributed by atoms with Gasteiger partial charge < -0.3 is 9.82 Å². The average Bonchev–Trinajstić information content (AvgIpc) is 2.52. The highest BCUT2D eigenvalue weighted by atomic mass is 16.7. The summed E-state index contributed by atoms with van der Waals surface area (Å²) in [6, 6.07) is 6.90. The van der Waals surface area contributed by atoms with Gasteiger partial charge in [-0.15, -0.1) is 4.73 Å². The fourth-order valence-electron chi connectivity index (χ4n) is 1.33. The molecule has 1 aromatic heterocycles. The lowest BCUT2D eigenvalue weighted by molar-refractivity contribution is 0.169. The molecule has 0 atom stereocenters. The van der Waals surface area contributed by atoms with Gasteiger partial charge in [0.1, 0.15) is 12.6 Å². The van der Waals surface area contributed by atoms with Crippen LogP contribution in [0.5, 0.6) is 0 Å². The molecule has 0 saturated carbocycles. The molecule has 70 valence electrons. The van der Waals surface area contributed by atoms with Gasteiger partial charge in [0, 0.05) is 0 Å². The van der Waals surface area contributed by atoms with Crippen LogP contribution in [0.25, 0.3) is 11.0 Å². The second-order valence-electron chi connectivity index (χ2n) is 2.75. The van der Waals surface area contributed by atoms with Crippen LogP contribution in [0, 0.1) is 11.3 Å². The van der Waals surface area contributed by atoms with Crippen LogP contribution in [0.4, 0.5) is 0 Å². The van der Waals surface area contributed by atoms with Gasteiger partial charge in [0.15, 0.2) is 0 Å². The molecule has 0 spiro atoms. The van der Waals surface area contributed by atoms with Crippen molar-refractivity contribution in [2.24, 2.45) is 0 Å². The normalized spacial score (nSPS) is 10.0. The largest absolute Gasteiger partial charge is 0.412 e. The topological polar surface area (TPSA) is 70.8 Å². The number of aromatic nitrogens is 2. The monoisotopic (exact) mass is 189 g/mol. The Labute approximate surface area is 79.1 Å². The van der Waals surface area contributed by atoms with E-state index in [0.717, 1.165) is 4.73 Å². The van der Waals surface area contributed by atoms with Crippen molar-refractivity contribution >= 4 is 11.0 Å². The molecule has 2 aromatic rings. The lowest BCUT2D eigenvalue weighted by Crippen LogP contribution is -2.21. The Balaban J connectivity index is 2.86. The van der Waals surface area contributed by atoms with Crippen LogP contribution >= 0.6 is 0 Å². The molecule has 0 saturated heterocycles. The van der Waals surface area contributed by atoms with Crippen molar-refractivity contribution in [3.8, 4) is 6.07 Å². The number of hydrogen-bond donors (Lipinski definition) is 1. The molecule has 1 N–H and O–H groups in total. The summed E-state index contributed by atoms with van der Waals surface area (Å²) in [5.41, 5.74) is 1.35. The van der Waals surface area contributed by atoms with E-state index in [0.29, 0.717) is 16.6 Å². The number of H-pyrrole nitrogens is 1. The van der Waals surface area contributed by atoms with Crippen molar-refractivity contribution in [1.29, 1.82) is 5.26 Å². The third-order valence-electron chi connectivity index (χ3n) is 1.95. The lowest BCUT2D eigenvalue weighted by atomic mass is 10.2. The molecule has 0 radical (unpaired) electrons. The van der Waals surface area contributed by atoms with Crippen molar-refractivity contribution < 1.29 is 4.84 Å². The summed E-state index contributed by atoms with van der Waals surface area (Å²) in [5.74, 6) is 0. The van der Waals surface area contributed by atoms with Crippen LogP contribution < -0.4 is 10.5 Å². The maximum absolute atomic E-state index is 11.3. The third-order valence-corrected chi connectivity index (χ3v) is 1.95. The van der Waals surface area contributed by atoms with Crippen LogP contribution in [-0.2, 0) is 0 Å². The first-order valence-corrected chi connectivity index (χ1v) is 3.95. The number of nitrogens with zero attached hydrogens (tertiary/aromatic N) is 2. The predicted octanol–water partition coefficient (Wildman–Crippen LogP) is 0.260. The first-order valence-electron chi connectivity index (χ1n) is 3.95. The van der Waals surface area contributed by atoms with Crippen LogP contribution in [0.2, 0.25) is 0 Å². The van der Waals surface area contributed by atoms with Crippen molar-refractivity contribution in [2.75, 3.05) is 7.11 Å². The minimum atomic E-state index is -0.349. The summed E-state index contributed by atoms with van der Waals surface area (Å²) in [7, 11) is 1.40. The quantitative estimate of drug-likeness (QED) is 0.699. The van der Waals surface area contributed by atoms with Gasteiger partial charge in [-0.25, -0.2) is 4.79 Å². The number of benzene rings is 1. The molecule has 2 rings (SSSR count). The molecular weight excluding hydrogens is 182 g/mol. The number of nitriles is 1. The summed E-state index contributed by atoms with van der Waals surface area (Å²) >= 11 is 0. The zero-order chi connectivity index (χ0) is 10.1. The standard InChI is InChI=1S/C9H7N3O2/c1-14-12-8-4-6(5-10)2-3-7(8)11-9(12)13/h2-4H,1H3,(H,11,13). The Morgan fingerprint density at radius 3 is 3.00 bits per heavy atom. The Hall–Kier alpha value is -2.22. The molecule has 0 aliphatic rings. The molecule has 0 bridgehead atoms. The fourth-order valence-corrected chi connectivity index (χ4v) is 1.33. The summed E-state index contributed by atoms with van der Waals surface area (Å²) in [6.07, 6.45) is 0. The Kier molecular flexibility index (Phi) is 1.75. The fraction of sp³-hybridized carbons (Fsp3) is 0.111. The SMILES string of the molecule is COn1c(=O)[nH]c2ccc(C#N)cc21. The van der Waals surface area contributed by atoms with Crippen molar-refractivity contribution in [3.05, 3.63) is 34.2 Å². The molecule has 5 nitrogen and oxygen atoms in total. The lowest BCUT2D eigenvalue weighted by Gasteiger charge is -1.98. The Bertz CT molecular complexity index is 574. The van der Waals surface area contributed by atoms with Crippen molar-refractivity contribution in [1.82, 2.24) is 9.71 Å². The minimum absolute atomic E-state index is 0.349. The Morgan fingerprint density at radius 1 is 1.57 bits per heavy atom. The number of imidazole rings is 1. The van der Waals surface area contributed by atoms with Gasteiger partial charge >= 0.3 is 5.69 Å². The van der Waals surface area contributed by atoms with Crippen LogP contribution in [0.15, 0.2) is 23.0 Å². The third kappa shape index (κ3) is 1.05. The van der Waals surface area contributed by atoms with E-state index in [1.165, 1.54) is 7.11 Å². The summed E-state index contributed by atoms with van der Waals surface area (Å²) < 4.78 is 1.11. The second kappa shape index (κ2) is 2.92. The molecular formula is C9H7N3O2. The molecule has 0 fully saturated rings. The molecule has 14 heavy (non-hydrogen) atoms. The van der Waals surface area contributed by atoms with E-state index in [1.54, 1.807) is 18.2 Å². The molecule has 0 unspecified atom stereocenters. The van der Waals surface area contributed by atoms with E-state index < -0.39 is 0 Å². The highest BCUT2D eigenvalue weighted by molar-refractivity contribution is 5.76. The maximum atomic E-state index is 11.3. The molecule has 1 heterocycles. The van der Waals surface area contributed by atoms with Gasteiger partial charge in [0.25, 0.3) is 0 Å². The van der Waals surface area contributed by atoms with Crippen LogP contribution in [0.3, 0.4) is 0 Å². The van der Waals surface area contributed by atoms with Gasteiger partial charge in [0.2, 0.25) is 0 Å². The smallest absolute Gasteiger partial charge is 0.359 e. The van der Waals surface area contributed by atoms with Crippen molar-refractivity contribution in [2.45, 2.75) is 0 Å². The minimum Gasteiger partial charge on any atom is -0.412 e. The Morgan fingerprint density at radius 2 is 2.36 bits per heavy atom.